The Balaban J connectivity index is 1.83. The highest BCUT2D eigenvalue weighted by Gasteiger charge is 2.10. The highest BCUT2D eigenvalue weighted by atomic mass is 35.5. The second kappa shape index (κ2) is 5.42. The van der Waals surface area contributed by atoms with Gasteiger partial charge >= 0.3 is 0 Å². The van der Waals surface area contributed by atoms with Crippen LogP contribution in [0.5, 0.6) is 5.75 Å². The first-order valence-corrected chi connectivity index (χ1v) is 7.35. The summed E-state index contributed by atoms with van der Waals surface area (Å²) in [6, 6.07) is 5.43. The molecule has 0 N–H and O–H groups in total. The molecule has 0 unspecified atom stereocenters. The van der Waals surface area contributed by atoms with Crippen molar-refractivity contribution in [3.63, 3.8) is 0 Å². The van der Waals surface area contributed by atoms with Gasteiger partial charge in [0.05, 0.1) is 0 Å². The molecule has 0 aliphatic heterocycles. The van der Waals surface area contributed by atoms with E-state index in [2.05, 4.69) is 15.3 Å². The van der Waals surface area contributed by atoms with E-state index in [-0.39, 0.29) is 12.2 Å². The van der Waals surface area contributed by atoms with Gasteiger partial charge in [-0.25, -0.2) is 0 Å². The largest absolute Gasteiger partial charge is 0.486 e. The first-order valence-electron chi connectivity index (χ1n) is 6.15. The summed E-state index contributed by atoms with van der Waals surface area (Å²) in [5.74, 6) is 0.700. The summed E-state index contributed by atoms with van der Waals surface area (Å²) in [4.78, 5) is 12.3. The Labute approximate surface area is 129 Å². The Bertz CT molecular complexity index is 874. The van der Waals surface area contributed by atoms with E-state index in [0.29, 0.717) is 26.4 Å². The maximum Gasteiger partial charge on any atom is 0.296 e. The summed E-state index contributed by atoms with van der Waals surface area (Å²) in [5, 5.41) is 13.3. The molecule has 0 aliphatic carbocycles. The van der Waals surface area contributed by atoms with Crippen LogP contribution in [0.15, 0.2) is 23.0 Å². The summed E-state index contributed by atoms with van der Waals surface area (Å²) in [7, 11) is 0. The third-order valence-electron chi connectivity index (χ3n) is 2.88. The van der Waals surface area contributed by atoms with E-state index < -0.39 is 0 Å². The molecule has 0 bridgehead atoms. The van der Waals surface area contributed by atoms with Crippen LogP contribution in [0, 0.1) is 13.8 Å². The fraction of sp³-hybridized carbons (Fsp3) is 0.231. The van der Waals surface area contributed by atoms with Gasteiger partial charge in [-0.1, -0.05) is 22.9 Å². The lowest BCUT2D eigenvalue weighted by atomic mass is 10.2. The maximum absolute atomic E-state index is 11.8. The first-order chi connectivity index (χ1) is 10.0. The molecule has 0 saturated heterocycles. The lowest BCUT2D eigenvalue weighted by Crippen LogP contribution is -2.19. The molecule has 0 radical (unpaired) electrons. The van der Waals surface area contributed by atoms with Crippen molar-refractivity contribution in [1.29, 1.82) is 0 Å². The van der Waals surface area contributed by atoms with Crippen molar-refractivity contribution >= 4 is 27.9 Å². The van der Waals surface area contributed by atoms with Crippen LogP contribution in [-0.4, -0.2) is 19.8 Å². The second-order valence-corrected chi connectivity index (χ2v) is 5.93. The van der Waals surface area contributed by atoms with Crippen LogP contribution in [0.4, 0.5) is 0 Å². The number of benzene rings is 1. The quantitative estimate of drug-likeness (QED) is 0.740. The smallest absolute Gasteiger partial charge is 0.296 e. The number of fused-ring (bicyclic) bond motifs is 1. The van der Waals surface area contributed by atoms with Crippen LogP contribution in [-0.2, 0) is 6.61 Å². The van der Waals surface area contributed by atoms with Crippen molar-refractivity contribution in [1.82, 2.24) is 19.8 Å². The summed E-state index contributed by atoms with van der Waals surface area (Å²) in [5.41, 5.74) is 1.000. The third-order valence-corrected chi connectivity index (χ3v) is 4.18. The van der Waals surface area contributed by atoms with E-state index in [1.807, 2.05) is 13.0 Å². The molecule has 0 atom stereocenters. The zero-order valence-electron chi connectivity index (χ0n) is 11.3. The molecule has 0 spiro atoms. The lowest BCUT2D eigenvalue weighted by Gasteiger charge is -2.05. The van der Waals surface area contributed by atoms with E-state index in [9.17, 15) is 4.79 Å². The lowest BCUT2D eigenvalue weighted by molar-refractivity contribution is 0.304. The highest BCUT2D eigenvalue weighted by molar-refractivity contribution is 7.16. The van der Waals surface area contributed by atoms with Crippen LogP contribution in [0.3, 0.4) is 0 Å². The standard InChI is InChI=1S/C13H11ClN4O2S/c1-7-5-9(3-4-10(7)14)20-6-11-17-18-12(19)8(2)15-16-13(18)21-11/h3-5H,6H2,1-2H3. The number of halogens is 1. The molecule has 8 heteroatoms. The zero-order chi connectivity index (χ0) is 15.0. The fourth-order valence-electron chi connectivity index (χ4n) is 1.74. The number of hydrogen-bond donors (Lipinski definition) is 0. The number of hydrogen-bond acceptors (Lipinski definition) is 6. The normalized spacial score (nSPS) is 11.0. The van der Waals surface area contributed by atoms with E-state index >= 15 is 0 Å². The minimum atomic E-state index is -0.259. The second-order valence-electron chi connectivity index (χ2n) is 4.48. The van der Waals surface area contributed by atoms with Gasteiger partial charge in [0, 0.05) is 5.02 Å². The van der Waals surface area contributed by atoms with Gasteiger partial charge in [-0.2, -0.15) is 9.61 Å². The molecule has 0 amide bonds. The molecular formula is C13H11ClN4O2S. The molecule has 6 nitrogen and oxygen atoms in total. The van der Waals surface area contributed by atoms with Gasteiger partial charge in [-0.15, -0.1) is 10.2 Å². The van der Waals surface area contributed by atoms with E-state index in [1.54, 1.807) is 19.1 Å². The van der Waals surface area contributed by atoms with Crippen molar-refractivity contribution in [2.24, 2.45) is 0 Å². The Morgan fingerprint density at radius 1 is 1.33 bits per heavy atom. The summed E-state index contributed by atoms with van der Waals surface area (Å²) < 4.78 is 6.90. The van der Waals surface area contributed by atoms with Gasteiger partial charge in [0.15, 0.2) is 5.01 Å². The molecule has 3 rings (SSSR count). The molecule has 2 heterocycles. The minimum absolute atomic E-state index is 0.258. The Morgan fingerprint density at radius 2 is 2.14 bits per heavy atom. The molecular weight excluding hydrogens is 312 g/mol. The van der Waals surface area contributed by atoms with Gasteiger partial charge in [-0.3, -0.25) is 4.79 Å². The summed E-state index contributed by atoms with van der Waals surface area (Å²) >= 11 is 7.24. The number of aryl methyl sites for hydroxylation is 2. The molecule has 3 aromatic rings. The van der Waals surface area contributed by atoms with Crippen LogP contribution < -0.4 is 10.3 Å². The predicted molar refractivity (Wildman–Crippen MR) is 80.2 cm³/mol. The maximum atomic E-state index is 11.8. The summed E-state index contributed by atoms with van der Waals surface area (Å²) in [6.45, 7) is 3.77. The van der Waals surface area contributed by atoms with Crippen molar-refractivity contribution < 1.29 is 4.74 Å². The van der Waals surface area contributed by atoms with Crippen molar-refractivity contribution in [3.05, 3.63) is 49.8 Å². The average Bonchev–Trinajstić information content (AvgIpc) is 2.88. The fourth-order valence-corrected chi connectivity index (χ4v) is 2.60. The number of nitrogens with zero attached hydrogens (tertiary/aromatic N) is 4. The molecule has 21 heavy (non-hydrogen) atoms. The van der Waals surface area contributed by atoms with Crippen LogP contribution in [0.2, 0.25) is 5.02 Å². The highest BCUT2D eigenvalue weighted by Crippen LogP contribution is 2.22. The van der Waals surface area contributed by atoms with Crippen molar-refractivity contribution in [3.8, 4) is 5.75 Å². The minimum Gasteiger partial charge on any atom is -0.486 e. The number of aromatic nitrogens is 4. The SMILES string of the molecule is Cc1cc(OCc2nn3c(=O)c(C)nnc3s2)ccc1Cl. The topological polar surface area (TPSA) is 69.4 Å². The van der Waals surface area contributed by atoms with Crippen LogP contribution in [0.1, 0.15) is 16.3 Å². The molecule has 108 valence electrons. The van der Waals surface area contributed by atoms with E-state index in [4.69, 9.17) is 16.3 Å². The Hall–Kier alpha value is -1.99. The first kappa shape index (κ1) is 14.0. The molecule has 1 aromatic carbocycles. The van der Waals surface area contributed by atoms with Gasteiger partial charge in [0.2, 0.25) is 4.96 Å². The summed E-state index contributed by atoms with van der Waals surface area (Å²) in [6.07, 6.45) is 0. The van der Waals surface area contributed by atoms with Gasteiger partial charge in [-0.05, 0) is 37.6 Å². The van der Waals surface area contributed by atoms with Gasteiger partial charge in [0.25, 0.3) is 5.56 Å². The number of ether oxygens (including phenoxy) is 1. The third kappa shape index (κ3) is 2.74. The molecule has 0 fully saturated rings. The Morgan fingerprint density at radius 3 is 2.90 bits per heavy atom. The van der Waals surface area contributed by atoms with Gasteiger partial charge in [0.1, 0.15) is 18.1 Å². The predicted octanol–water partition coefficient (Wildman–Crippen LogP) is 2.40. The van der Waals surface area contributed by atoms with E-state index in [0.717, 1.165) is 5.56 Å². The average molecular weight is 323 g/mol. The van der Waals surface area contributed by atoms with Crippen LogP contribution >= 0.6 is 22.9 Å². The Kier molecular flexibility index (Phi) is 3.60. The van der Waals surface area contributed by atoms with Crippen molar-refractivity contribution in [2.45, 2.75) is 20.5 Å². The van der Waals surface area contributed by atoms with Crippen LogP contribution in [0.25, 0.3) is 4.96 Å². The molecule has 0 aliphatic rings. The number of rotatable bonds is 3. The zero-order valence-corrected chi connectivity index (χ0v) is 12.9. The van der Waals surface area contributed by atoms with E-state index in [1.165, 1.54) is 15.9 Å². The monoisotopic (exact) mass is 322 g/mol. The molecule has 0 saturated carbocycles. The molecule has 2 aromatic heterocycles. The van der Waals surface area contributed by atoms with Gasteiger partial charge < -0.3 is 4.74 Å². The van der Waals surface area contributed by atoms with Crippen molar-refractivity contribution in [2.75, 3.05) is 0 Å².